The van der Waals surface area contributed by atoms with E-state index in [-0.39, 0.29) is 5.91 Å². The number of carbonyl (C=O) groups is 1. The second-order valence-corrected chi connectivity index (χ2v) is 5.76. The van der Waals surface area contributed by atoms with Crippen LogP contribution in [0.1, 0.15) is 29.6 Å². The van der Waals surface area contributed by atoms with Gasteiger partial charge in [0.25, 0.3) is 5.91 Å². The quantitative estimate of drug-likeness (QED) is 0.688. The monoisotopic (exact) mass is 300 g/mol. The molecule has 0 bridgehead atoms. The molecule has 1 aromatic carbocycles. The Bertz CT molecular complexity index is 696. The number of nitrogens with one attached hydrogen (secondary N) is 1. The minimum absolute atomic E-state index is 0.0787. The van der Waals surface area contributed by atoms with Crippen LogP contribution in [0.3, 0.4) is 0 Å². The van der Waals surface area contributed by atoms with E-state index in [1.54, 1.807) is 6.07 Å². The van der Waals surface area contributed by atoms with Crippen LogP contribution in [0.15, 0.2) is 42.5 Å². The van der Waals surface area contributed by atoms with Crippen molar-refractivity contribution in [2.75, 3.05) is 6.54 Å². The molecular formula is C17H17ClN2O. The van der Waals surface area contributed by atoms with Crippen molar-refractivity contribution in [1.29, 1.82) is 0 Å². The first kappa shape index (κ1) is 14.1. The number of hydrogen-bond donors (Lipinski definition) is 1. The van der Waals surface area contributed by atoms with E-state index in [1.807, 2.05) is 24.3 Å². The number of hydrogen-bond acceptors (Lipinski definition) is 2. The lowest BCUT2D eigenvalue weighted by molar-refractivity contribution is 0.0948. The molecule has 1 amide bonds. The Morgan fingerprint density at radius 2 is 2.19 bits per heavy atom. The van der Waals surface area contributed by atoms with E-state index < -0.39 is 0 Å². The summed E-state index contributed by atoms with van der Waals surface area (Å²) < 4.78 is 0. The predicted octanol–water partition coefficient (Wildman–Crippen LogP) is 3.97. The molecule has 2 aromatic rings. The van der Waals surface area contributed by atoms with Gasteiger partial charge in [-0.25, -0.2) is 4.98 Å². The van der Waals surface area contributed by atoms with Gasteiger partial charge in [0.1, 0.15) is 5.15 Å². The van der Waals surface area contributed by atoms with E-state index in [0.29, 0.717) is 23.2 Å². The summed E-state index contributed by atoms with van der Waals surface area (Å²) in [6.07, 6.45) is 7.67. The highest BCUT2D eigenvalue weighted by Gasteiger charge is 2.15. The Morgan fingerprint density at radius 3 is 3.00 bits per heavy atom. The second-order valence-electron chi connectivity index (χ2n) is 5.37. The molecule has 1 N–H and O–H groups in total. The zero-order valence-corrected chi connectivity index (χ0v) is 12.4. The average molecular weight is 301 g/mol. The minimum Gasteiger partial charge on any atom is -0.352 e. The van der Waals surface area contributed by atoms with Gasteiger partial charge >= 0.3 is 0 Å². The summed E-state index contributed by atoms with van der Waals surface area (Å²) >= 11 is 6.02. The normalized spacial score (nSPS) is 17.9. The molecule has 1 unspecified atom stereocenters. The number of rotatable bonds is 3. The fourth-order valence-corrected chi connectivity index (χ4v) is 2.91. The summed E-state index contributed by atoms with van der Waals surface area (Å²) in [6, 6.07) is 9.20. The van der Waals surface area contributed by atoms with Gasteiger partial charge in [0, 0.05) is 11.9 Å². The fourth-order valence-electron chi connectivity index (χ4n) is 2.70. The standard InChI is InChI=1S/C17H17ClN2O/c18-16-10-14(13-8-4-5-9-15(13)20-16)17(21)19-11-12-6-2-1-3-7-12/h1-2,4-5,8-10,12H,3,6-7,11H2,(H,19,21). The summed E-state index contributed by atoms with van der Waals surface area (Å²) in [4.78, 5) is 16.7. The molecule has 3 rings (SSSR count). The van der Waals surface area contributed by atoms with Gasteiger partial charge in [-0.15, -0.1) is 0 Å². The van der Waals surface area contributed by atoms with Gasteiger partial charge in [0.15, 0.2) is 0 Å². The lowest BCUT2D eigenvalue weighted by Crippen LogP contribution is -2.29. The third-order valence-electron chi connectivity index (χ3n) is 3.86. The first-order valence-corrected chi connectivity index (χ1v) is 7.60. The van der Waals surface area contributed by atoms with E-state index >= 15 is 0 Å². The van der Waals surface area contributed by atoms with Gasteiger partial charge < -0.3 is 5.32 Å². The topological polar surface area (TPSA) is 42.0 Å². The summed E-state index contributed by atoms with van der Waals surface area (Å²) in [5.41, 5.74) is 1.34. The van der Waals surface area contributed by atoms with Crippen LogP contribution in [0.2, 0.25) is 5.15 Å². The smallest absolute Gasteiger partial charge is 0.252 e. The molecule has 0 saturated heterocycles. The molecule has 1 atom stereocenters. The number of halogens is 1. The number of benzene rings is 1. The van der Waals surface area contributed by atoms with Crippen LogP contribution in [0, 0.1) is 5.92 Å². The van der Waals surface area contributed by atoms with Crippen molar-refractivity contribution >= 4 is 28.4 Å². The van der Waals surface area contributed by atoms with E-state index in [2.05, 4.69) is 22.5 Å². The van der Waals surface area contributed by atoms with Crippen LogP contribution in [-0.4, -0.2) is 17.4 Å². The zero-order chi connectivity index (χ0) is 14.7. The highest BCUT2D eigenvalue weighted by Crippen LogP contribution is 2.21. The van der Waals surface area contributed by atoms with Crippen molar-refractivity contribution in [1.82, 2.24) is 10.3 Å². The molecule has 0 saturated carbocycles. The number of amides is 1. The van der Waals surface area contributed by atoms with E-state index in [4.69, 9.17) is 11.6 Å². The van der Waals surface area contributed by atoms with Gasteiger partial charge in [0.05, 0.1) is 11.1 Å². The molecule has 1 heterocycles. The molecule has 1 aliphatic rings. The number of carbonyl (C=O) groups excluding carboxylic acids is 1. The zero-order valence-electron chi connectivity index (χ0n) is 11.7. The first-order chi connectivity index (χ1) is 10.2. The molecule has 21 heavy (non-hydrogen) atoms. The minimum atomic E-state index is -0.0787. The van der Waals surface area contributed by atoms with Crippen molar-refractivity contribution in [3.05, 3.63) is 53.2 Å². The van der Waals surface area contributed by atoms with Crippen molar-refractivity contribution in [2.45, 2.75) is 19.3 Å². The highest BCUT2D eigenvalue weighted by molar-refractivity contribution is 6.30. The number of aromatic nitrogens is 1. The third kappa shape index (κ3) is 3.24. The van der Waals surface area contributed by atoms with Crippen molar-refractivity contribution in [2.24, 2.45) is 5.92 Å². The summed E-state index contributed by atoms with van der Waals surface area (Å²) in [5, 5.41) is 4.21. The molecule has 108 valence electrons. The van der Waals surface area contributed by atoms with E-state index in [9.17, 15) is 4.79 Å². The second kappa shape index (κ2) is 6.27. The van der Waals surface area contributed by atoms with Gasteiger partial charge in [-0.05, 0) is 37.3 Å². The van der Waals surface area contributed by atoms with Crippen LogP contribution in [0.4, 0.5) is 0 Å². The van der Waals surface area contributed by atoms with Crippen LogP contribution in [0.5, 0.6) is 0 Å². The molecule has 1 aliphatic carbocycles. The number of allylic oxidation sites excluding steroid dienone is 2. The maximum absolute atomic E-state index is 12.4. The van der Waals surface area contributed by atoms with Crippen LogP contribution < -0.4 is 5.32 Å². The van der Waals surface area contributed by atoms with E-state index in [1.165, 1.54) is 0 Å². The molecule has 4 heteroatoms. The number of nitrogens with zero attached hydrogens (tertiary/aromatic N) is 1. The van der Waals surface area contributed by atoms with Crippen molar-refractivity contribution < 1.29 is 4.79 Å². The fraction of sp³-hybridized carbons (Fsp3) is 0.294. The van der Waals surface area contributed by atoms with E-state index in [0.717, 1.165) is 30.2 Å². The molecule has 3 nitrogen and oxygen atoms in total. The number of fused-ring (bicyclic) bond motifs is 1. The molecule has 0 aliphatic heterocycles. The maximum atomic E-state index is 12.4. The Labute approximate surface area is 129 Å². The maximum Gasteiger partial charge on any atom is 0.252 e. The summed E-state index contributed by atoms with van der Waals surface area (Å²) in [6.45, 7) is 0.706. The summed E-state index contributed by atoms with van der Waals surface area (Å²) in [5.74, 6) is 0.451. The lowest BCUT2D eigenvalue weighted by Gasteiger charge is -2.18. The lowest BCUT2D eigenvalue weighted by atomic mass is 9.94. The molecule has 0 radical (unpaired) electrons. The molecule has 1 aromatic heterocycles. The Balaban J connectivity index is 1.79. The predicted molar refractivity (Wildman–Crippen MR) is 85.6 cm³/mol. The van der Waals surface area contributed by atoms with Crippen LogP contribution >= 0.6 is 11.6 Å². The highest BCUT2D eigenvalue weighted by atomic mass is 35.5. The van der Waals surface area contributed by atoms with Crippen molar-refractivity contribution in [3.63, 3.8) is 0 Å². The van der Waals surface area contributed by atoms with Gasteiger partial charge in [-0.3, -0.25) is 4.79 Å². The Morgan fingerprint density at radius 1 is 1.33 bits per heavy atom. The largest absolute Gasteiger partial charge is 0.352 e. The van der Waals surface area contributed by atoms with Gasteiger partial charge in [-0.2, -0.15) is 0 Å². The first-order valence-electron chi connectivity index (χ1n) is 7.22. The third-order valence-corrected chi connectivity index (χ3v) is 4.05. The molecule has 0 fully saturated rings. The SMILES string of the molecule is O=C(NCC1CC=CCC1)c1cc(Cl)nc2ccccc12. The summed E-state index contributed by atoms with van der Waals surface area (Å²) in [7, 11) is 0. The van der Waals surface area contributed by atoms with Gasteiger partial charge in [-0.1, -0.05) is 42.0 Å². The number of pyridine rings is 1. The van der Waals surface area contributed by atoms with Crippen molar-refractivity contribution in [3.8, 4) is 0 Å². The number of para-hydroxylation sites is 1. The van der Waals surface area contributed by atoms with Gasteiger partial charge in [0.2, 0.25) is 0 Å². The average Bonchev–Trinajstić information content (AvgIpc) is 2.52. The molecular weight excluding hydrogens is 284 g/mol. The molecule has 0 spiro atoms. The van der Waals surface area contributed by atoms with Crippen LogP contribution in [-0.2, 0) is 0 Å². The van der Waals surface area contributed by atoms with Crippen LogP contribution in [0.25, 0.3) is 10.9 Å². The Kier molecular flexibility index (Phi) is 4.20. The Hall–Kier alpha value is -1.87.